The van der Waals surface area contributed by atoms with Gasteiger partial charge in [-0.15, -0.1) is 0 Å². The third-order valence-electron chi connectivity index (χ3n) is 2.72. The Labute approximate surface area is 112 Å². The fourth-order valence-electron chi connectivity index (χ4n) is 1.78. The van der Waals surface area contributed by atoms with Crippen molar-refractivity contribution in [1.29, 1.82) is 0 Å². The highest BCUT2D eigenvalue weighted by Gasteiger charge is 2.27. The van der Waals surface area contributed by atoms with Crippen LogP contribution in [0.2, 0.25) is 0 Å². The van der Waals surface area contributed by atoms with Crippen molar-refractivity contribution in [3.05, 3.63) is 32.6 Å². The van der Waals surface area contributed by atoms with Crippen molar-refractivity contribution >= 4 is 34.8 Å². The number of halogens is 1. The van der Waals surface area contributed by atoms with Crippen molar-refractivity contribution < 1.29 is 0 Å². The highest BCUT2D eigenvalue weighted by molar-refractivity contribution is 14.1. The summed E-state index contributed by atoms with van der Waals surface area (Å²) in [6, 6.07) is 8.91. The molecule has 16 heavy (non-hydrogen) atoms. The van der Waals surface area contributed by atoms with E-state index in [0.29, 0.717) is 6.04 Å². The summed E-state index contributed by atoms with van der Waals surface area (Å²) in [6.45, 7) is 0. The quantitative estimate of drug-likeness (QED) is 0.668. The molecular formula is C11H10IN3S. The van der Waals surface area contributed by atoms with E-state index < -0.39 is 0 Å². The maximum absolute atomic E-state index is 5.26. The van der Waals surface area contributed by atoms with Gasteiger partial charge in [-0.05, 0) is 59.8 Å². The van der Waals surface area contributed by atoms with Crippen LogP contribution < -0.4 is 0 Å². The number of aromatic amines is 1. The van der Waals surface area contributed by atoms with Gasteiger partial charge in [0.1, 0.15) is 0 Å². The topological polar surface area (TPSA) is 33.6 Å². The maximum atomic E-state index is 5.26. The molecule has 0 saturated heterocycles. The zero-order valence-electron chi connectivity index (χ0n) is 8.48. The van der Waals surface area contributed by atoms with Crippen LogP contribution in [-0.4, -0.2) is 14.8 Å². The molecule has 3 rings (SSSR count). The maximum Gasteiger partial charge on any atom is 0.195 e. The highest BCUT2D eigenvalue weighted by Crippen LogP contribution is 2.37. The lowest BCUT2D eigenvalue weighted by atomic mass is 10.2. The first-order valence-electron chi connectivity index (χ1n) is 5.18. The van der Waals surface area contributed by atoms with Crippen LogP contribution >= 0.6 is 34.8 Å². The van der Waals surface area contributed by atoms with Gasteiger partial charge in [-0.2, -0.15) is 5.10 Å². The van der Waals surface area contributed by atoms with E-state index in [4.69, 9.17) is 12.2 Å². The predicted octanol–water partition coefficient (Wildman–Crippen LogP) is 3.55. The van der Waals surface area contributed by atoms with E-state index in [1.807, 2.05) is 0 Å². The van der Waals surface area contributed by atoms with Gasteiger partial charge in [0.05, 0.1) is 0 Å². The third kappa shape index (κ3) is 1.82. The molecule has 1 fully saturated rings. The molecule has 1 heterocycles. The SMILES string of the molecule is S=c1[nH]nc(-c2ccc(I)cc2)n1C1CC1. The number of H-pyrrole nitrogens is 1. The molecule has 0 aliphatic heterocycles. The second-order valence-electron chi connectivity index (χ2n) is 3.96. The summed E-state index contributed by atoms with van der Waals surface area (Å²) in [5, 5.41) is 7.21. The van der Waals surface area contributed by atoms with Gasteiger partial charge in [-0.1, -0.05) is 12.1 Å². The molecule has 1 aliphatic rings. The standard InChI is InChI=1S/C11H10IN3S/c12-8-3-1-7(2-4-8)10-13-14-11(16)15(10)9-5-6-9/h1-4,9H,5-6H2,(H,14,16). The molecule has 0 atom stereocenters. The van der Waals surface area contributed by atoms with Crippen molar-refractivity contribution in [2.75, 3.05) is 0 Å². The zero-order chi connectivity index (χ0) is 11.1. The smallest absolute Gasteiger partial charge is 0.195 e. The Morgan fingerprint density at radius 3 is 2.62 bits per heavy atom. The van der Waals surface area contributed by atoms with Gasteiger partial charge >= 0.3 is 0 Å². The van der Waals surface area contributed by atoms with Gasteiger partial charge in [0, 0.05) is 15.2 Å². The van der Waals surface area contributed by atoms with Gasteiger partial charge < -0.3 is 0 Å². The summed E-state index contributed by atoms with van der Waals surface area (Å²) in [5.41, 5.74) is 1.12. The number of aromatic nitrogens is 3. The third-order valence-corrected chi connectivity index (χ3v) is 3.73. The minimum Gasteiger partial charge on any atom is -0.297 e. The summed E-state index contributed by atoms with van der Waals surface area (Å²) in [7, 11) is 0. The van der Waals surface area contributed by atoms with E-state index in [2.05, 4.69) is 61.6 Å². The molecule has 82 valence electrons. The molecular weight excluding hydrogens is 333 g/mol. The van der Waals surface area contributed by atoms with Crippen molar-refractivity contribution in [1.82, 2.24) is 14.8 Å². The number of hydrogen-bond acceptors (Lipinski definition) is 2. The first kappa shape index (κ1) is 10.5. The molecule has 0 radical (unpaired) electrons. The molecule has 3 nitrogen and oxygen atoms in total. The average Bonchev–Trinajstić information content (AvgIpc) is 3.04. The average molecular weight is 343 g/mol. The summed E-state index contributed by atoms with van der Waals surface area (Å²) >= 11 is 7.56. The molecule has 5 heteroatoms. The van der Waals surface area contributed by atoms with E-state index in [1.54, 1.807) is 0 Å². The zero-order valence-corrected chi connectivity index (χ0v) is 11.5. The van der Waals surface area contributed by atoms with Crippen molar-refractivity contribution in [3.8, 4) is 11.4 Å². The van der Waals surface area contributed by atoms with Gasteiger partial charge in [0.15, 0.2) is 10.6 Å². The van der Waals surface area contributed by atoms with E-state index in [-0.39, 0.29) is 0 Å². The Kier molecular flexibility index (Phi) is 2.59. The summed E-state index contributed by atoms with van der Waals surface area (Å²) in [5.74, 6) is 0.962. The van der Waals surface area contributed by atoms with Crippen LogP contribution in [0.1, 0.15) is 18.9 Å². The van der Waals surface area contributed by atoms with Gasteiger partial charge in [-0.25, -0.2) is 0 Å². The fourth-order valence-corrected chi connectivity index (χ4v) is 2.42. The van der Waals surface area contributed by atoms with E-state index in [0.717, 1.165) is 16.2 Å². The largest absolute Gasteiger partial charge is 0.297 e. The molecule has 1 aromatic carbocycles. The van der Waals surface area contributed by atoms with E-state index in [1.165, 1.54) is 16.4 Å². The molecule has 1 aromatic heterocycles. The highest BCUT2D eigenvalue weighted by atomic mass is 127. The number of nitrogens with one attached hydrogen (secondary N) is 1. The van der Waals surface area contributed by atoms with Crippen LogP contribution in [-0.2, 0) is 0 Å². The number of hydrogen-bond donors (Lipinski definition) is 1. The number of benzene rings is 1. The molecule has 2 aromatic rings. The molecule has 0 amide bonds. The number of rotatable bonds is 2. The molecule has 0 spiro atoms. The first-order chi connectivity index (χ1) is 7.75. The van der Waals surface area contributed by atoms with Crippen LogP contribution in [0.5, 0.6) is 0 Å². The van der Waals surface area contributed by atoms with Gasteiger partial charge in [0.25, 0.3) is 0 Å². The summed E-state index contributed by atoms with van der Waals surface area (Å²) in [4.78, 5) is 0. The lowest BCUT2D eigenvalue weighted by Gasteiger charge is -2.04. The monoisotopic (exact) mass is 343 g/mol. The van der Waals surface area contributed by atoms with Crippen molar-refractivity contribution in [3.63, 3.8) is 0 Å². The predicted molar refractivity (Wildman–Crippen MR) is 73.8 cm³/mol. The van der Waals surface area contributed by atoms with Crippen LogP contribution in [0.15, 0.2) is 24.3 Å². The molecule has 1 aliphatic carbocycles. The van der Waals surface area contributed by atoms with Crippen LogP contribution in [0, 0.1) is 8.34 Å². The molecule has 0 unspecified atom stereocenters. The summed E-state index contributed by atoms with van der Waals surface area (Å²) in [6.07, 6.45) is 2.43. The Morgan fingerprint density at radius 2 is 2.00 bits per heavy atom. The Bertz CT molecular complexity index is 566. The Morgan fingerprint density at radius 1 is 1.31 bits per heavy atom. The Hall–Kier alpha value is -0.690. The van der Waals surface area contributed by atoms with Crippen LogP contribution in [0.25, 0.3) is 11.4 Å². The molecule has 1 saturated carbocycles. The van der Waals surface area contributed by atoms with Crippen LogP contribution in [0.3, 0.4) is 0 Å². The van der Waals surface area contributed by atoms with Gasteiger partial charge in [0.2, 0.25) is 0 Å². The fraction of sp³-hybridized carbons (Fsp3) is 0.273. The van der Waals surface area contributed by atoms with E-state index >= 15 is 0 Å². The van der Waals surface area contributed by atoms with E-state index in [9.17, 15) is 0 Å². The van der Waals surface area contributed by atoms with Crippen molar-refractivity contribution in [2.24, 2.45) is 0 Å². The van der Waals surface area contributed by atoms with Crippen LogP contribution in [0.4, 0.5) is 0 Å². The first-order valence-corrected chi connectivity index (χ1v) is 6.67. The second-order valence-corrected chi connectivity index (χ2v) is 5.59. The number of nitrogens with zero attached hydrogens (tertiary/aromatic N) is 2. The lowest BCUT2D eigenvalue weighted by molar-refractivity contribution is 0.735. The molecule has 0 bridgehead atoms. The second kappa shape index (κ2) is 3.96. The minimum absolute atomic E-state index is 0.556. The van der Waals surface area contributed by atoms with Gasteiger partial charge in [-0.3, -0.25) is 9.67 Å². The minimum atomic E-state index is 0.556. The normalized spacial score (nSPS) is 15.3. The lowest BCUT2D eigenvalue weighted by Crippen LogP contribution is -1.97. The van der Waals surface area contributed by atoms with Crippen molar-refractivity contribution in [2.45, 2.75) is 18.9 Å². The summed E-state index contributed by atoms with van der Waals surface area (Å²) < 4.78 is 4.10. The Balaban J connectivity index is 2.12. The molecule has 1 N–H and O–H groups in total.